The van der Waals surface area contributed by atoms with E-state index in [-0.39, 0.29) is 5.91 Å². The van der Waals surface area contributed by atoms with Crippen molar-refractivity contribution < 1.29 is 4.79 Å². The SMILES string of the molecule is O=C(Nc1cncnc1)c1cccc(I)c1. The van der Waals surface area contributed by atoms with Crippen LogP contribution in [0.3, 0.4) is 0 Å². The Hall–Kier alpha value is -1.50. The van der Waals surface area contributed by atoms with E-state index in [1.165, 1.54) is 6.33 Å². The van der Waals surface area contributed by atoms with Crippen molar-refractivity contribution in [3.63, 3.8) is 0 Å². The van der Waals surface area contributed by atoms with Crippen molar-refractivity contribution in [1.29, 1.82) is 0 Å². The van der Waals surface area contributed by atoms with Crippen molar-refractivity contribution in [2.75, 3.05) is 5.32 Å². The van der Waals surface area contributed by atoms with Crippen LogP contribution >= 0.6 is 22.6 Å². The molecule has 1 aromatic carbocycles. The van der Waals surface area contributed by atoms with E-state index in [9.17, 15) is 4.79 Å². The van der Waals surface area contributed by atoms with Gasteiger partial charge in [0.2, 0.25) is 0 Å². The number of rotatable bonds is 2. The molecule has 0 spiro atoms. The molecule has 0 saturated carbocycles. The maximum atomic E-state index is 11.8. The molecule has 0 atom stereocenters. The highest BCUT2D eigenvalue weighted by molar-refractivity contribution is 14.1. The molecule has 0 aliphatic carbocycles. The molecule has 2 rings (SSSR count). The Morgan fingerprint density at radius 1 is 1.25 bits per heavy atom. The molecule has 0 unspecified atom stereocenters. The molecule has 0 bridgehead atoms. The molecule has 0 aliphatic rings. The molecule has 2 aromatic rings. The summed E-state index contributed by atoms with van der Waals surface area (Å²) in [5.74, 6) is -0.159. The fraction of sp³-hybridized carbons (Fsp3) is 0. The molecule has 1 N–H and O–H groups in total. The second kappa shape index (κ2) is 5.02. The molecule has 1 aromatic heterocycles. The van der Waals surface area contributed by atoms with Gasteiger partial charge in [0, 0.05) is 9.13 Å². The molecule has 0 fully saturated rings. The van der Waals surface area contributed by atoms with Crippen molar-refractivity contribution in [3.8, 4) is 0 Å². The summed E-state index contributed by atoms with van der Waals surface area (Å²) in [7, 11) is 0. The average molecular weight is 325 g/mol. The van der Waals surface area contributed by atoms with Crippen molar-refractivity contribution in [1.82, 2.24) is 9.97 Å². The number of carbonyl (C=O) groups excluding carboxylic acids is 1. The summed E-state index contributed by atoms with van der Waals surface area (Å²) in [6.45, 7) is 0. The second-order valence-corrected chi connectivity index (χ2v) is 4.34. The van der Waals surface area contributed by atoms with Gasteiger partial charge in [0.15, 0.2) is 0 Å². The topological polar surface area (TPSA) is 54.9 Å². The van der Waals surface area contributed by atoms with Crippen LogP contribution in [0.5, 0.6) is 0 Å². The third kappa shape index (κ3) is 2.75. The molecule has 0 radical (unpaired) electrons. The lowest BCUT2D eigenvalue weighted by Crippen LogP contribution is -2.12. The molecule has 16 heavy (non-hydrogen) atoms. The van der Waals surface area contributed by atoms with Gasteiger partial charge in [-0.05, 0) is 40.8 Å². The quantitative estimate of drug-likeness (QED) is 0.863. The number of anilines is 1. The van der Waals surface area contributed by atoms with Gasteiger partial charge in [-0.2, -0.15) is 0 Å². The van der Waals surface area contributed by atoms with Crippen LogP contribution < -0.4 is 5.32 Å². The molecule has 0 aliphatic heterocycles. The van der Waals surface area contributed by atoms with Crippen LogP contribution in [-0.4, -0.2) is 15.9 Å². The fourth-order valence-electron chi connectivity index (χ4n) is 1.20. The molecule has 4 nitrogen and oxygen atoms in total. The van der Waals surface area contributed by atoms with E-state index in [4.69, 9.17) is 0 Å². The van der Waals surface area contributed by atoms with Crippen LogP contribution in [0.25, 0.3) is 0 Å². The van der Waals surface area contributed by atoms with Crippen molar-refractivity contribution >= 4 is 34.2 Å². The minimum atomic E-state index is -0.159. The van der Waals surface area contributed by atoms with Crippen LogP contribution in [0.4, 0.5) is 5.69 Å². The number of nitrogens with one attached hydrogen (secondary N) is 1. The van der Waals surface area contributed by atoms with E-state index in [1.807, 2.05) is 18.2 Å². The van der Waals surface area contributed by atoms with Gasteiger partial charge in [0.05, 0.1) is 18.1 Å². The first-order chi connectivity index (χ1) is 7.75. The Morgan fingerprint density at radius 3 is 2.69 bits per heavy atom. The van der Waals surface area contributed by atoms with E-state index in [0.29, 0.717) is 11.3 Å². The van der Waals surface area contributed by atoms with Gasteiger partial charge in [-0.15, -0.1) is 0 Å². The van der Waals surface area contributed by atoms with Gasteiger partial charge in [0.25, 0.3) is 5.91 Å². The predicted octanol–water partition coefficient (Wildman–Crippen LogP) is 2.33. The number of benzene rings is 1. The van der Waals surface area contributed by atoms with E-state index in [2.05, 4.69) is 37.9 Å². The van der Waals surface area contributed by atoms with E-state index >= 15 is 0 Å². The largest absolute Gasteiger partial charge is 0.319 e. The van der Waals surface area contributed by atoms with Gasteiger partial charge < -0.3 is 5.32 Å². The zero-order chi connectivity index (χ0) is 11.4. The number of carbonyl (C=O) groups is 1. The van der Waals surface area contributed by atoms with Gasteiger partial charge in [0.1, 0.15) is 6.33 Å². The Bertz CT molecular complexity index is 502. The van der Waals surface area contributed by atoms with Crippen molar-refractivity contribution in [2.45, 2.75) is 0 Å². The average Bonchev–Trinajstić information content (AvgIpc) is 2.30. The molecule has 0 saturated heterocycles. The maximum Gasteiger partial charge on any atom is 0.255 e. The summed E-state index contributed by atoms with van der Waals surface area (Å²) >= 11 is 2.17. The number of amides is 1. The van der Waals surface area contributed by atoms with Crippen LogP contribution in [0.1, 0.15) is 10.4 Å². The number of halogens is 1. The monoisotopic (exact) mass is 325 g/mol. The summed E-state index contributed by atoms with van der Waals surface area (Å²) in [6, 6.07) is 7.36. The lowest BCUT2D eigenvalue weighted by atomic mass is 10.2. The molecule has 1 heterocycles. The first-order valence-electron chi connectivity index (χ1n) is 4.57. The highest BCUT2D eigenvalue weighted by atomic mass is 127. The molecule has 80 valence electrons. The van der Waals surface area contributed by atoms with Gasteiger partial charge in [-0.1, -0.05) is 6.07 Å². The van der Waals surface area contributed by atoms with Crippen LogP contribution in [-0.2, 0) is 0 Å². The minimum absolute atomic E-state index is 0.159. The number of hydrogen-bond donors (Lipinski definition) is 1. The fourth-order valence-corrected chi connectivity index (χ4v) is 1.74. The molecular weight excluding hydrogens is 317 g/mol. The van der Waals surface area contributed by atoms with Crippen LogP contribution in [0, 0.1) is 3.57 Å². The number of hydrogen-bond acceptors (Lipinski definition) is 3. The Balaban J connectivity index is 2.15. The Kier molecular flexibility index (Phi) is 3.45. The van der Waals surface area contributed by atoms with Gasteiger partial charge in [-0.3, -0.25) is 4.79 Å². The summed E-state index contributed by atoms with van der Waals surface area (Å²) in [5, 5.41) is 2.72. The van der Waals surface area contributed by atoms with Crippen molar-refractivity contribution in [2.24, 2.45) is 0 Å². The smallest absolute Gasteiger partial charge is 0.255 e. The zero-order valence-electron chi connectivity index (χ0n) is 8.22. The molecular formula is C11H8IN3O. The van der Waals surface area contributed by atoms with Crippen LogP contribution in [0.2, 0.25) is 0 Å². The minimum Gasteiger partial charge on any atom is -0.319 e. The summed E-state index contributed by atoms with van der Waals surface area (Å²) in [6.07, 6.45) is 4.53. The van der Waals surface area contributed by atoms with E-state index < -0.39 is 0 Å². The van der Waals surface area contributed by atoms with Gasteiger partial charge >= 0.3 is 0 Å². The lowest BCUT2D eigenvalue weighted by Gasteiger charge is -2.04. The predicted molar refractivity (Wildman–Crippen MR) is 69.1 cm³/mol. The third-order valence-corrected chi connectivity index (χ3v) is 2.58. The summed E-state index contributed by atoms with van der Waals surface area (Å²) in [5.41, 5.74) is 1.21. The lowest BCUT2D eigenvalue weighted by molar-refractivity contribution is 0.102. The molecule has 1 amide bonds. The Morgan fingerprint density at radius 2 is 2.00 bits per heavy atom. The summed E-state index contributed by atoms with van der Waals surface area (Å²) in [4.78, 5) is 19.4. The highest BCUT2D eigenvalue weighted by Gasteiger charge is 2.05. The number of aromatic nitrogens is 2. The highest BCUT2D eigenvalue weighted by Crippen LogP contribution is 2.10. The zero-order valence-corrected chi connectivity index (χ0v) is 10.4. The standard InChI is InChI=1S/C11H8IN3O/c12-9-3-1-2-8(4-9)11(16)15-10-5-13-7-14-6-10/h1-7H,(H,15,16). The summed E-state index contributed by atoms with van der Waals surface area (Å²) < 4.78 is 1.02. The van der Waals surface area contributed by atoms with Crippen LogP contribution in [0.15, 0.2) is 43.0 Å². The second-order valence-electron chi connectivity index (χ2n) is 3.09. The van der Waals surface area contributed by atoms with Crippen molar-refractivity contribution in [3.05, 3.63) is 52.1 Å². The third-order valence-electron chi connectivity index (χ3n) is 1.91. The first-order valence-corrected chi connectivity index (χ1v) is 5.65. The normalized spacial score (nSPS) is 9.81. The van der Waals surface area contributed by atoms with Gasteiger partial charge in [-0.25, -0.2) is 9.97 Å². The Labute approximate surface area is 106 Å². The number of nitrogens with zero attached hydrogens (tertiary/aromatic N) is 2. The molecule has 5 heteroatoms. The first kappa shape index (κ1) is 11.0. The van der Waals surface area contributed by atoms with E-state index in [0.717, 1.165) is 3.57 Å². The maximum absolute atomic E-state index is 11.8. The van der Waals surface area contributed by atoms with E-state index in [1.54, 1.807) is 18.5 Å².